The number of aliphatic hydroxyl groups is 1. The zero-order chi connectivity index (χ0) is 22.9. The number of carbonyl (C=O) groups is 1. The van der Waals surface area contributed by atoms with Crippen molar-refractivity contribution in [2.24, 2.45) is 0 Å². The van der Waals surface area contributed by atoms with Gasteiger partial charge in [0.25, 0.3) is 5.91 Å². The Kier molecular flexibility index (Phi) is 6.41. The molecule has 1 aliphatic rings. The van der Waals surface area contributed by atoms with Crippen LogP contribution in [0.4, 0.5) is 8.78 Å². The lowest BCUT2D eigenvalue weighted by molar-refractivity contribution is -0.0446. The number of carbonyl (C=O) groups excluding carboxylic acids is 1. The van der Waals surface area contributed by atoms with Gasteiger partial charge < -0.3 is 10.4 Å². The van der Waals surface area contributed by atoms with E-state index in [-0.39, 0.29) is 52.7 Å². The Bertz CT molecular complexity index is 1120. The van der Waals surface area contributed by atoms with Gasteiger partial charge in [-0.3, -0.25) is 4.79 Å². The van der Waals surface area contributed by atoms with Gasteiger partial charge in [-0.15, -0.1) is 4.80 Å². The molecular weight excluding hydrogens is 463 g/mol. The zero-order valence-electron chi connectivity index (χ0n) is 16.7. The van der Waals surface area contributed by atoms with Gasteiger partial charge in [-0.1, -0.05) is 35.3 Å². The summed E-state index contributed by atoms with van der Waals surface area (Å²) in [6.45, 7) is 0. The molecule has 11 heteroatoms. The zero-order valence-corrected chi connectivity index (χ0v) is 18.2. The van der Waals surface area contributed by atoms with E-state index in [1.165, 1.54) is 47.7 Å². The van der Waals surface area contributed by atoms with Gasteiger partial charge in [0.1, 0.15) is 17.7 Å². The molecule has 4 rings (SSSR count). The van der Waals surface area contributed by atoms with Crippen LogP contribution in [0.5, 0.6) is 0 Å². The molecule has 7 nitrogen and oxygen atoms in total. The summed E-state index contributed by atoms with van der Waals surface area (Å²) >= 11 is 12.2. The maximum Gasteiger partial charge on any atom is 0.272 e. The monoisotopic (exact) mass is 481 g/mol. The van der Waals surface area contributed by atoms with Crippen molar-refractivity contribution in [2.45, 2.75) is 43.5 Å². The van der Waals surface area contributed by atoms with Crippen LogP contribution in [0.2, 0.25) is 10.0 Å². The highest BCUT2D eigenvalue weighted by molar-refractivity contribution is 6.31. The number of rotatable bonds is 5. The molecule has 3 aromatic rings. The Morgan fingerprint density at radius 1 is 1.25 bits per heavy atom. The molecule has 1 unspecified atom stereocenters. The van der Waals surface area contributed by atoms with Gasteiger partial charge in [0.2, 0.25) is 0 Å². The molecule has 32 heavy (non-hydrogen) atoms. The van der Waals surface area contributed by atoms with Crippen molar-refractivity contribution >= 4 is 29.1 Å². The van der Waals surface area contributed by atoms with E-state index in [1.807, 2.05) is 0 Å². The maximum absolute atomic E-state index is 14.2. The lowest BCUT2D eigenvalue weighted by Crippen LogP contribution is -2.49. The predicted molar refractivity (Wildman–Crippen MR) is 114 cm³/mol. The van der Waals surface area contributed by atoms with Gasteiger partial charge in [0.15, 0.2) is 5.69 Å². The average Bonchev–Trinajstić information content (AvgIpc) is 3.31. The number of nitrogens with zero attached hydrogens (tertiary/aromatic N) is 4. The van der Waals surface area contributed by atoms with Crippen LogP contribution >= 0.6 is 23.2 Å². The summed E-state index contributed by atoms with van der Waals surface area (Å²) in [5, 5.41) is 22.2. The van der Waals surface area contributed by atoms with E-state index in [9.17, 15) is 18.7 Å². The second kappa shape index (κ2) is 9.09. The molecule has 1 aliphatic carbocycles. The van der Waals surface area contributed by atoms with E-state index in [2.05, 4.69) is 20.5 Å². The fourth-order valence-corrected chi connectivity index (χ4v) is 4.30. The third-order valence-electron chi connectivity index (χ3n) is 5.57. The Morgan fingerprint density at radius 2 is 1.94 bits per heavy atom. The first-order valence-corrected chi connectivity index (χ1v) is 10.7. The second-order valence-corrected chi connectivity index (χ2v) is 8.48. The molecule has 1 fully saturated rings. The molecule has 168 valence electrons. The smallest absolute Gasteiger partial charge is 0.272 e. The van der Waals surface area contributed by atoms with Crippen LogP contribution in [0.1, 0.15) is 47.8 Å². The van der Waals surface area contributed by atoms with E-state index >= 15 is 0 Å². The highest BCUT2D eigenvalue weighted by Gasteiger charge is 2.43. The van der Waals surface area contributed by atoms with Crippen LogP contribution in [0.25, 0.3) is 5.69 Å². The second-order valence-electron chi connectivity index (χ2n) is 7.67. The molecule has 1 aromatic carbocycles. The molecular formula is C21H19Cl2F2N5O2. The summed E-state index contributed by atoms with van der Waals surface area (Å²) in [5.74, 6) is -1.38. The number of hydrogen-bond donors (Lipinski definition) is 2. The van der Waals surface area contributed by atoms with Crippen LogP contribution in [0.15, 0.2) is 42.9 Å². The molecule has 1 atom stereocenters. The molecule has 1 amide bonds. The molecule has 0 radical (unpaired) electrons. The Balaban J connectivity index is 1.74. The van der Waals surface area contributed by atoms with Gasteiger partial charge in [-0.05, 0) is 43.4 Å². The minimum atomic E-state index is -1.54. The van der Waals surface area contributed by atoms with Crippen molar-refractivity contribution in [2.75, 3.05) is 0 Å². The Labute approximate surface area is 192 Å². The SMILES string of the molecule is O=C(NC(c1cccc(F)c1Cl)C1(O)CCC(F)CC1)c1ncc(Cl)cc1-n1nccn1. The average molecular weight is 482 g/mol. The molecule has 2 aromatic heterocycles. The molecule has 0 spiro atoms. The number of aromatic nitrogens is 4. The fourth-order valence-electron chi connectivity index (χ4n) is 3.91. The number of hydrogen-bond acceptors (Lipinski definition) is 5. The standard InChI is InChI=1S/C21H19Cl2F2N5O2/c22-12-10-16(30-27-8-9-28-30)18(26-11-12)20(31)29-19(14-2-1-3-15(25)17(14)23)21(32)6-4-13(24)5-7-21/h1-3,8-11,13,19,32H,4-7H2,(H,29,31). The van der Waals surface area contributed by atoms with Gasteiger partial charge in [-0.2, -0.15) is 10.2 Å². The number of pyridine rings is 1. The number of nitrogens with one attached hydrogen (secondary N) is 1. The quantitative estimate of drug-likeness (QED) is 0.568. The van der Waals surface area contributed by atoms with Gasteiger partial charge >= 0.3 is 0 Å². The van der Waals surface area contributed by atoms with Crippen molar-refractivity contribution in [1.82, 2.24) is 25.3 Å². The minimum absolute atomic E-state index is 0.0631. The molecule has 2 heterocycles. The van der Waals surface area contributed by atoms with Crippen molar-refractivity contribution in [3.63, 3.8) is 0 Å². The van der Waals surface area contributed by atoms with E-state index in [0.717, 1.165) is 0 Å². The summed E-state index contributed by atoms with van der Waals surface area (Å²) in [7, 11) is 0. The summed E-state index contributed by atoms with van der Waals surface area (Å²) in [6.07, 6.45) is 3.43. The first-order valence-electron chi connectivity index (χ1n) is 9.92. The van der Waals surface area contributed by atoms with Crippen LogP contribution in [-0.2, 0) is 0 Å². The molecule has 1 saturated carbocycles. The normalized spacial score (nSPS) is 21.8. The number of amides is 1. The predicted octanol–water partition coefficient (Wildman–Crippen LogP) is 4.22. The molecule has 2 N–H and O–H groups in total. The largest absolute Gasteiger partial charge is 0.387 e. The van der Waals surface area contributed by atoms with Crippen molar-refractivity contribution < 1.29 is 18.7 Å². The van der Waals surface area contributed by atoms with Crippen LogP contribution in [0, 0.1) is 5.82 Å². The minimum Gasteiger partial charge on any atom is -0.387 e. The Morgan fingerprint density at radius 3 is 2.62 bits per heavy atom. The lowest BCUT2D eigenvalue weighted by atomic mass is 9.76. The third kappa shape index (κ3) is 4.46. The van der Waals surface area contributed by atoms with E-state index in [0.29, 0.717) is 0 Å². The van der Waals surface area contributed by atoms with Crippen molar-refractivity contribution in [3.05, 3.63) is 70.0 Å². The van der Waals surface area contributed by atoms with E-state index < -0.39 is 29.5 Å². The van der Waals surface area contributed by atoms with Gasteiger partial charge in [0.05, 0.1) is 34.1 Å². The molecule has 0 saturated heterocycles. The third-order valence-corrected chi connectivity index (χ3v) is 6.18. The summed E-state index contributed by atoms with van der Waals surface area (Å²) < 4.78 is 28.0. The first kappa shape index (κ1) is 22.6. The topological polar surface area (TPSA) is 92.9 Å². The lowest BCUT2D eigenvalue weighted by Gasteiger charge is -2.41. The fraction of sp³-hybridized carbons (Fsp3) is 0.333. The van der Waals surface area contributed by atoms with E-state index in [4.69, 9.17) is 23.2 Å². The summed E-state index contributed by atoms with van der Waals surface area (Å²) in [6, 6.07) is 4.48. The summed E-state index contributed by atoms with van der Waals surface area (Å²) in [5.41, 5.74) is -1.20. The number of alkyl halides is 1. The Hall–Kier alpha value is -2.62. The number of halogens is 4. The maximum atomic E-state index is 14.2. The summed E-state index contributed by atoms with van der Waals surface area (Å²) in [4.78, 5) is 18.6. The highest BCUT2D eigenvalue weighted by atomic mass is 35.5. The molecule has 0 aliphatic heterocycles. The highest BCUT2D eigenvalue weighted by Crippen LogP contribution is 2.42. The van der Waals surface area contributed by atoms with Gasteiger partial charge in [-0.25, -0.2) is 13.8 Å². The van der Waals surface area contributed by atoms with Crippen molar-refractivity contribution in [1.29, 1.82) is 0 Å². The molecule has 0 bridgehead atoms. The number of benzene rings is 1. The van der Waals surface area contributed by atoms with Crippen LogP contribution < -0.4 is 5.32 Å². The van der Waals surface area contributed by atoms with Crippen molar-refractivity contribution in [3.8, 4) is 5.69 Å². The van der Waals surface area contributed by atoms with Crippen LogP contribution in [0.3, 0.4) is 0 Å². The first-order chi connectivity index (χ1) is 15.3. The van der Waals surface area contributed by atoms with Crippen LogP contribution in [-0.4, -0.2) is 42.8 Å². The van der Waals surface area contributed by atoms with E-state index in [1.54, 1.807) is 0 Å². The van der Waals surface area contributed by atoms with Gasteiger partial charge in [0, 0.05) is 6.20 Å².